The lowest BCUT2D eigenvalue weighted by Gasteiger charge is -2.33. The number of ether oxygens (including phenoxy) is 5. The van der Waals surface area contributed by atoms with Gasteiger partial charge in [-0.15, -0.1) is 0 Å². The average Bonchev–Trinajstić information content (AvgIpc) is 3.03. The van der Waals surface area contributed by atoms with Crippen molar-refractivity contribution in [1.29, 1.82) is 0 Å². The van der Waals surface area contributed by atoms with E-state index in [1.165, 1.54) is 18.1 Å². The number of phenols is 1. The van der Waals surface area contributed by atoms with Crippen LogP contribution >= 0.6 is 0 Å². The van der Waals surface area contributed by atoms with Crippen molar-refractivity contribution in [2.45, 2.75) is 65.5 Å². The standard InChI is InChI=1S/C35H53N3O9/c1-21-12-11-13-22(2)34(41)37-28-19-26(47-35(42)38(7)15-14-36-6)18-27(30(28)40)32(44-9)25(5)17-29(43-8)33(45-10)24(4)16-23(3)31(21)46-20-39/h11-13,16,18-21,24-25,29,31-33,36,40H,14-15,17H2,1-10H3,(H,37,41)/b12-11-,22-13+,23-16+/t21-,24-,25-,29-,31+,32+,33+/m0/s1. The molecule has 0 radical (unpaired) electrons. The Bertz CT molecular complexity index is 1300. The molecule has 0 spiro atoms. The number of methoxy groups -OCH3 is 3. The van der Waals surface area contributed by atoms with Crippen LogP contribution in [0.1, 0.15) is 52.7 Å². The first-order chi connectivity index (χ1) is 22.3. The zero-order valence-corrected chi connectivity index (χ0v) is 29.4. The molecule has 1 aromatic carbocycles. The van der Waals surface area contributed by atoms with E-state index in [1.54, 1.807) is 53.5 Å². The molecule has 0 fully saturated rings. The molecule has 0 unspecified atom stereocenters. The summed E-state index contributed by atoms with van der Waals surface area (Å²) in [7, 11) is 8.16. The number of rotatable bonds is 9. The Labute approximate surface area is 279 Å². The Morgan fingerprint density at radius 2 is 1.79 bits per heavy atom. The van der Waals surface area contributed by atoms with Gasteiger partial charge in [-0.05, 0) is 44.9 Å². The Kier molecular flexibility index (Phi) is 16.1. The number of likely N-dealkylation sites (N-methyl/N-ethyl adjacent to an activating group) is 2. The Balaban J connectivity index is 2.72. The van der Waals surface area contributed by atoms with E-state index in [2.05, 4.69) is 10.6 Å². The van der Waals surface area contributed by atoms with Gasteiger partial charge in [0.05, 0.1) is 24.0 Å². The quantitative estimate of drug-likeness (QED) is 0.188. The number of benzene rings is 1. The number of amides is 2. The Hall–Kier alpha value is -3.71. The van der Waals surface area contributed by atoms with Gasteiger partial charge in [0.25, 0.3) is 12.4 Å². The molecule has 2 rings (SSSR count). The van der Waals surface area contributed by atoms with Crippen LogP contribution in [0.3, 0.4) is 0 Å². The molecule has 0 saturated heterocycles. The number of hydrogen-bond donors (Lipinski definition) is 3. The molecule has 7 atom stereocenters. The third-order valence-electron chi connectivity index (χ3n) is 8.49. The van der Waals surface area contributed by atoms with Crippen molar-refractivity contribution in [3.05, 3.63) is 53.1 Å². The predicted molar refractivity (Wildman–Crippen MR) is 180 cm³/mol. The molecular weight excluding hydrogens is 606 g/mol. The van der Waals surface area contributed by atoms with Gasteiger partial charge in [-0.2, -0.15) is 0 Å². The van der Waals surface area contributed by atoms with Crippen molar-refractivity contribution in [1.82, 2.24) is 10.2 Å². The molecule has 47 heavy (non-hydrogen) atoms. The maximum absolute atomic E-state index is 13.3. The highest BCUT2D eigenvalue weighted by atomic mass is 16.6. The summed E-state index contributed by atoms with van der Waals surface area (Å²) in [5, 5.41) is 17.2. The smallest absolute Gasteiger partial charge is 0.415 e. The monoisotopic (exact) mass is 659 g/mol. The van der Waals surface area contributed by atoms with E-state index in [0.29, 0.717) is 37.1 Å². The number of nitrogens with one attached hydrogen (secondary N) is 2. The van der Waals surface area contributed by atoms with Gasteiger partial charge in [-0.25, -0.2) is 4.79 Å². The molecule has 0 saturated carbocycles. The number of fused-ring (bicyclic) bond motifs is 2. The van der Waals surface area contributed by atoms with Crippen molar-refractivity contribution in [3.63, 3.8) is 0 Å². The minimum Gasteiger partial charge on any atom is -0.505 e. The van der Waals surface area contributed by atoms with Gasteiger partial charge < -0.3 is 44.3 Å². The van der Waals surface area contributed by atoms with Crippen LogP contribution in [0.15, 0.2) is 47.6 Å². The summed E-state index contributed by atoms with van der Waals surface area (Å²) in [6, 6.07) is 2.95. The minimum atomic E-state index is -0.693. The average molecular weight is 660 g/mol. The molecule has 0 aliphatic carbocycles. The van der Waals surface area contributed by atoms with Gasteiger partial charge in [-0.3, -0.25) is 9.59 Å². The summed E-state index contributed by atoms with van der Waals surface area (Å²) in [6.45, 7) is 10.8. The lowest BCUT2D eigenvalue weighted by atomic mass is 9.86. The van der Waals surface area contributed by atoms with Crippen LogP contribution in [0, 0.1) is 17.8 Å². The van der Waals surface area contributed by atoms with Crippen molar-refractivity contribution in [3.8, 4) is 11.5 Å². The fourth-order valence-corrected chi connectivity index (χ4v) is 5.86. The van der Waals surface area contributed by atoms with Crippen molar-refractivity contribution in [2.24, 2.45) is 17.8 Å². The van der Waals surface area contributed by atoms with Crippen molar-refractivity contribution < 1.29 is 43.2 Å². The first-order valence-electron chi connectivity index (χ1n) is 15.8. The lowest BCUT2D eigenvalue weighted by molar-refractivity contribution is -0.133. The molecule has 1 aliphatic heterocycles. The number of aromatic hydroxyl groups is 1. The third-order valence-corrected chi connectivity index (χ3v) is 8.49. The summed E-state index contributed by atoms with van der Waals surface area (Å²) in [5.41, 5.74) is 1.57. The molecule has 3 N–H and O–H groups in total. The second-order valence-electron chi connectivity index (χ2n) is 12.1. The Morgan fingerprint density at radius 1 is 1.09 bits per heavy atom. The van der Waals surface area contributed by atoms with E-state index in [9.17, 15) is 19.5 Å². The van der Waals surface area contributed by atoms with E-state index < -0.39 is 30.3 Å². The topological polar surface area (TPSA) is 145 Å². The first-order valence-corrected chi connectivity index (χ1v) is 15.8. The van der Waals surface area contributed by atoms with E-state index in [0.717, 1.165) is 5.57 Å². The second kappa shape index (κ2) is 19.2. The van der Waals surface area contributed by atoms with E-state index in [-0.39, 0.29) is 41.0 Å². The molecule has 1 heterocycles. The van der Waals surface area contributed by atoms with Gasteiger partial charge in [0, 0.05) is 70.5 Å². The number of phenolic OH excluding ortho intramolecular Hbond substituents is 1. The van der Waals surface area contributed by atoms with Gasteiger partial charge in [0.2, 0.25) is 0 Å². The van der Waals surface area contributed by atoms with E-state index in [1.807, 2.05) is 39.8 Å². The summed E-state index contributed by atoms with van der Waals surface area (Å²) in [6.07, 6.45) is 5.05. The zero-order valence-electron chi connectivity index (χ0n) is 29.4. The molecule has 0 aromatic heterocycles. The maximum Gasteiger partial charge on any atom is 0.415 e. The molecule has 2 amide bonds. The third kappa shape index (κ3) is 10.9. The number of anilines is 1. The van der Waals surface area contributed by atoms with Gasteiger partial charge >= 0.3 is 6.09 Å². The first kappa shape index (κ1) is 39.5. The number of allylic oxidation sites excluding steroid dienone is 2. The molecular formula is C35H53N3O9. The summed E-state index contributed by atoms with van der Waals surface area (Å²) in [5.74, 6) is -1.18. The fourth-order valence-electron chi connectivity index (χ4n) is 5.86. The second-order valence-corrected chi connectivity index (χ2v) is 12.1. The van der Waals surface area contributed by atoms with Gasteiger partial charge in [0.15, 0.2) is 0 Å². The van der Waals surface area contributed by atoms with E-state index in [4.69, 9.17) is 23.7 Å². The summed E-state index contributed by atoms with van der Waals surface area (Å²) >= 11 is 0. The summed E-state index contributed by atoms with van der Waals surface area (Å²) in [4.78, 5) is 39.0. The highest BCUT2D eigenvalue weighted by Gasteiger charge is 2.33. The van der Waals surface area contributed by atoms with Crippen molar-refractivity contribution in [2.75, 3.05) is 53.8 Å². The largest absolute Gasteiger partial charge is 0.505 e. The number of hydrogen-bond acceptors (Lipinski definition) is 10. The molecule has 12 nitrogen and oxygen atoms in total. The van der Waals surface area contributed by atoms with E-state index >= 15 is 0 Å². The van der Waals surface area contributed by atoms with Crippen LogP contribution in [-0.2, 0) is 28.5 Å². The predicted octanol–water partition coefficient (Wildman–Crippen LogP) is 5.00. The highest BCUT2D eigenvalue weighted by molar-refractivity contribution is 6.04. The minimum absolute atomic E-state index is 0.0522. The van der Waals surface area contributed by atoms with Crippen LogP contribution in [-0.4, -0.2) is 95.3 Å². The van der Waals surface area contributed by atoms with Gasteiger partial charge in [-0.1, -0.05) is 45.1 Å². The molecule has 2 bridgehead atoms. The maximum atomic E-state index is 13.3. The van der Waals surface area contributed by atoms with Crippen LogP contribution in [0.5, 0.6) is 11.5 Å². The SMILES string of the molecule is CNCCN(C)C(=O)Oc1cc2c(O)c(c1)[C@H](OC)[C@@H](C)C[C@H](OC)[C@H](OC)[C@@H](C)/C=C(\C)[C@H](OC=O)[C@@H](C)/C=C\C=C(/C)C(=O)N2. The molecule has 12 heteroatoms. The van der Waals surface area contributed by atoms with Crippen LogP contribution < -0.4 is 15.4 Å². The Morgan fingerprint density at radius 3 is 2.38 bits per heavy atom. The van der Waals surface area contributed by atoms with Crippen LogP contribution in [0.25, 0.3) is 0 Å². The molecule has 1 aliphatic rings. The highest BCUT2D eigenvalue weighted by Crippen LogP contribution is 2.42. The molecule has 1 aromatic rings. The fraction of sp³-hybridized carbons (Fsp3) is 0.571. The van der Waals surface area contributed by atoms with Crippen LogP contribution in [0.4, 0.5) is 10.5 Å². The van der Waals surface area contributed by atoms with Crippen LogP contribution in [0.2, 0.25) is 0 Å². The van der Waals surface area contributed by atoms with Gasteiger partial charge in [0.1, 0.15) is 17.6 Å². The molecule has 262 valence electrons. The van der Waals surface area contributed by atoms with Crippen molar-refractivity contribution >= 4 is 24.2 Å². The lowest BCUT2D eigenvalue weighted by Crippen LogP contribution is -2.37. The summed E-state index contributed by atoms with van der Waals surface area (Å²) < 4.78 is 29.0. The zero-order chi connectivity index (χ0) is 35.3. The normalized spacial score (nSPS) is 29.0. The number of carbonyl (C=O) groups excluding carboxylic acids is 3. The number of nitrogens with zero attached hydrogens (tertiary/aromatic N) is 1. The number of carbonyl (C=O) groups is 3.